The Kier molecular flexibility index (Phi) is 4.15. The van der Waals surface area contributed by atoms with Crippen LogP contribution in [0.4, 0.5) is 0 Å². The molecule has 2 saturated carbocycles. The number of ether oxygens (including phenoxy) is 1. The van der Waals surface area contributed by atoms with E-state index < -0.39 is 0 Å². The van der Waals surface area contributed by atoms with Crippen molar-refractivity contribution in [1.29, 1.82) is 0 Å². The third-order valence-corrected chi connectivity index (χ3v) is 7.16. The lowest BCUT2D eigenvalue weighted by Crippen LogP contribution is -2.72. The summed E-state index contributed by atoms with van der Waals surface area (Å²) in [5.41, 5.74) is 4.25. The normalized spacial score (nSPS) is 28.7. The lowest BCUT2D eigenvalue weighted by Gasteiger charge is -2.63. The molecule has 144 valence electrons. The van der Waals surface area contributed by atoms with Crippen LogP contribution in [0.5, 0.6) is 0 Å². The van der Waals surface area contributed by atoms with E-state index in [4.69, 9.17) is 4.74 Å². The highest BCUT2D eigenvalue weighted by Gasteiger charge is 2.66. The Labute approximate surface area is 161 Å². The first kappa shape index (κ1) is 17.1. The van der Waals surface area contributed by atoms with Gasteiger partial charge in [0.05, 0.1) is 6.10 Å². The molecule has 3 N–H and O–H groups in total. The molecule has 1 spiro atoms. The van der Waals surface area contributed by atoms with E-state index >= 15 is 0 Å². The van der Waals surface area contributed by atoms with Gasteiger partial charge in [0.25, 0.3) is 0 Å². The Morgan fingerprint density at radius 3 is 3.04 bits per heavy atom. The van der Waals surface area contributed by atoms with E-state index in [1.807, 2.05) is 7.05 Å². The number of aromatic amines is 1. The minimum Gasteiger partial charge on any atom is -0.377 e. The number of hydrogen-bond donors (Lipinski definition) is 3. The molecule has 3 aliphatic rings. The second kappa shape index (κ2) is 6.55. The van der Waals surface area contributed by atoms with Crippen LogP contribution in [0.1, 0.15) is 36.8 Å². The van der Waals surface area contributed by atoms with Gasteiger partial charge in [-0.2, -0.15) is 0 Å². The summed E-state index contributed by atoms with van der Waals surface area (Å²) in [6.07, 6.45) is 8.76. The number of fused-ring (bicyclic) bond motifs is 3. The van der Waals surface area contributed by atoms with Crippen LogP contribution in [0.2, 0.25) is 0 Å². The molecule has 1 aromatic carbocycles. The van der Waals surface area contributed by atoms with Gasteiger partial charge in [0.2, 0.25) is 0 Å². The number of nitrogens with zero attached hydrogens (tertiary/aromatic N) is 1. The molecule has 3 atom stereocenters. The predicted molar refractivity (Wildman–Crippen MR) is 109 cm³/mol. The summed E-state index contributed by atoms with van der Waals surface area (Å²) in [7, 11) is 1.87. The first-order valence-electron chi connectivity index (χ1n) is 10.4. The zero-order valence-corrected chi connectivity index (χ0v) is 16.3. The van der Waals surface area contributed by atoms with E-state index in [0.717, 1.165) is 25.5 Å². The summed E-state index contributed by atoms with van der Waals surface area (Å²) < 4.78 is 6.03. The summed E-state index contributed by atoms with van der Waals surface area (Å²) in [5, 5.41) is 8.60. The third kappa shape index (κ3) is 2.66. The fourth-order valence-corrected chi connectivity index (χ4v) is 5.62. The van der Waals surface area contributed by atoms with Crippen molar-refractivity contribution in [1.82, 2.24) is 15.6 Å². The average molecular weight is 367 g/mol. The molecule has 3 unspecified atom stereocenters. The summed E-state index contributed by atoms with van der Waals surface area (Å²) in [4.78, 5) is 7.88. The number of aryl methyl sites for hydroxylation is 1. The Morgan fingerprint density at radius 2 is 2.26 bits per heavy atom. The van der Waals surface area contributed by atoms with E-state index in [1.165, 1.54) is 47.7 Å². The average Bonchev–Trinajstić information content (AvgIpc) is 3.21. The zero-order valence-electron chi connectivity index (χ0n) is 16.3. The van der Waals surface area contributed by atoms with Crippen molar-refractivity contribution in [2.24, 2.45) is 16.3 Å². The second-order valence-corrected chi connectivity index (χ2v) is 8.56. The molecule has 5 nitrogen and oxygen atoms in total. The highest BCUT2D eigenvalue weighted by atomic mass is 16.5. The summed E-state index contributed by atoms with van der Waals surface area (Å²) in [6, 6.07) is 7.14. The first-order valence-corrected chi connectivity index (χ1v) is 10.4. The minimum absolute atomic E-state index is 0.382. The van der Waals surface area contributed by atoms with Gasteiger partial charge in [0, 0.05) is 54.7 Å². The first-order chi connectivity index (χ1) is 13.2. The molecule has 1 aromatic heterocycles. The molecule has 0 bridgehead atoms. The number of benzene rings is 1. The molecular formula is C22H30N4O. The SMILES string of the molecule is CN=C(NCCc1c[nH]c2cc(C)ccc12)NC1C2CCOC2C12CCC2. The van der Waals surface area contributed by atoms with Crippen molar-refractivity contribution >= 4 is 16.9 Å². The fourth-order valence-electron chi connectivity index (χ4n) is 5.62. The number of H-pyrrole nitrogens is 1. The second-order valence-electron chi connectivity index (χ2n) is 8.56. The third-order valence-electron chi connectivity index (χ3n) is 7.16. The maximum absolute atomic E-state index is 6.03. The van der Waals surface area contributed by atoms with Crippen LogP contribution >= 0.6 is 0 Å². The largest absolute Gasteiger partial charge is 0.377 e. The van der Waals surface area contributed by atoms with Gasteiger partial charge < -0.3 is 20.4 Å². The van der Waals surface area contributed by atoms with Gasteiger partial charge in [-0.25, -0.2) is 0 Å². The molecular weight excluding hydrogens is 336 g/mol. The minimum atomic E-state index is 0.382. The van der Waals surface area contributed by atoms with Crippen LogP contribution in [0.3, 0.4) is 0 Å². The van der Waals surface area contributed by atoms with Gasteiger partial charge in [-0.1, -0.05) is 18.6 Å². The Hall–Kier alpha value is -2.01. The van der Waals surface area contributed by atoms with Crippen LogP contribution < -0.4 is 10.6 Å². The molecule has 0 amide bonds. The maximum Gasteiger partial charge on any atom is 0.191 e. The summed E-state index contributed by atoms with van der Waals surface area (Å²) >= 11 is 0. The van der Waals surface area contributed by atoms with Gasteiger partial charge in [0.1, 0.15) is 0 Å². The quantitative estimate of drug-likeness (QED) is 0.575. The van der Waals surface area contributed by atoms with Gasteiger partial charge in [-0.05, 0) is 49.8 Å². The number of rotatable bonds is 4. The smallest absolute Gasteiger partial charge is 0.191 e. The van der Waals surface area contributed by atoms with Crippen LogP contribution in [-0.2, 0) is 11.2 Å². The van der Waals surface area contributed by atoms with Crippen molar-refractivity contribution in [2.45, 2.75) is 51.2 Å². The number of hydrogen-bond acceptors (Lipinski definition) is 2. The highest BCUT2D eigenvalue weighted by molar-refractivity contribution is 5.84. The van der Waals surface area contributed by atoms with Crippen LogP contribution in [-0.4, -0.2) is 43.3 Å². The van der Waals surface area contributed by atoms with E-state index in [9.17, 15) is 0 Å². The summed E-state index contributed by atoms with van der Waals surface area (Å²) in [6.45, 7) is 3.94. The van der Waals surface area contributed by atoms with Gasteiger partial charge in [0.15, 0.2) is 5.96 Å². The van der Waals surface area contributed by atoms with Crippen molar-refractivity contribution < 1.29 is 4.74 Å². The molecule has 1 aliphatic heterocycles. The number of guanidine groups is 1. The molecule has 0 radical (unpaired) electrons. The Balaban J connectivity index is 1.20. The number of aliphatic imine (C=N–C) groups is 1. The molecule has 2 aliphatic carbocycles. The van der Waals surface area contributed by atoms with Crippen LogP contribution in [0.25, 0.3) is 10.9 Å². The van der Waals surface area contributed by atoms with Gasteiger partial charge in [-0.3, -0.25) is 4.99 Å². The van der Waals surface area contributed by atoms with Crippen molar-refractivity contribution in [3.05, 3.63) is 35.5 Å². The fraction of sp³-hybridized carbons (Fsp3) is 0.591. The number of aromatic nitrogens is 1. The monoisotopic (exact) mass is 366 g/mol. The molecule has 3 fully saturated rings. The number of nitrogens with one attached hydrogen (secondary N) is 3. The Bertz CT molecular complexity index is 866. The standard InChI is InChI=1S/C22H30N4O/c1-14-4-5-16-15(13-25-18(16)12-14)6-10-24-21(23-2)26-19-17-7-11-27-20(17)22(19)8-3-9-22/h4-5,12-13,17,19-20,25H,3,6-11H2,1-2H3,(H2,23,24,26). The molecule has 1 saturated heterocycles. The van der Waals surface area contributed by atoms with Gasteiger partial charge >= 0.3 is 0 Å². The van der Waals surface area contributed by atoms with E-state index in [1.54, 1.807) is 0 Å². The van der Waals surface area contributed by atoms with E-state index in [0.29, 0.717) is 23.5 Å². The molecule has 2 aromatic rings. The van der Waals surface area contributed by atoms with Crippen molar-refractivity contribution in [3.63, 3.8) is 0 Å². The van der Waals surface area contributed by atoms with Crippen molar-refractivity contribution in [2.75, 3.05) is 20.2 Å². The zero-order chi connectivity index (χ0) is 18.4. The highest BCUT2D eigenvalue weighted by Crippen LogP contribution is 2.62. The Morgan fingerprint density at radius 1 is 1.37 bits per heavy atom. The summed E-state index contributed by atoms with van der Waals surface area (Å²) in [5.74, 6) is 1.60. The van der Waals surface area contributed by atoms with Crippen LogP contribution in [0, 0.1) is 18.3 Å². The van der Waals surface area contributed by atoms with Crippen molar-refractivity contribution in [3.8, 4) is 0 Å². The van der Waals surface area contributed by atoms with Crippen LogP contribution in [0.15, 0.2) is 29.4 Å². The molecule has 2 heterocycles. The van der Waals surface area contributed by atoms with E-state index in [-0.39, 0.29) is 0 Å². The van der Waals surface area contributed by atoms with E-state index in [2.05, 4.69) is 51.9 Å². The molecule has 5 rings (SSSR count). The molecule has 5 heteroatoms. The maximum atomic E-state index is 6.03. The van der Waals surface area contributed by atoms with Gasteiger partial charge in [-0.15, -0.1) is 0 Å². The topological polar surface area (TPSA) is 61.4 Å². The molecule has 27 heavy (non-hydrogen) atoms. The lowest BCUT2D eigenvalue weighted by molar-refractivity contribution is -0.171. The predicted octanol–water partition coefficient (Wildman–Crippen LogP) is 3.14. The lowest BCUT2D eigenvalue weighted by atomic mass is 9.46.